The number of benzene rings is 1. The van der Waals surface area contributed by atoms with E-state index >= 15 is 0 Å². The van der Waals surface area contributed by atoms with Crippen molar-refractivity contribution in [3.63, 3.8) is 0 Å². The maximum atomic E-state index is 12.6. The number of ether oxygens (including phenoxy) is 2. The number of sulfonamides is 1. The number of rotatable bonds is 3. The largest absolute Gasteiger partial charge is 0.493 e. The zero-order chi connectivity index (χ0) is 14.0. The summed E-state index contributed by atoms with van der Waals surface area (Å²) in [6.45, 7) is 3.30. The van der Waals surface area contributed by atoms with Crippen molar-refractivity contribution in [1.82, 2.24) is 4.31 Å². The molecule has 1 aromatic rings. The first-order valence-corrected chi connectivity index (χ1v) is 7.43. The molecule has 19 heavy (non-hydrogen) atoms. The van der Waals surface area contributed by atoms with Crippen LogP contribution in [0.3, 0.4) is 0 Å². The van der Waals surface area contributed by atoms with Gasteiger partial charge in [-0.1, -0.05) is 0 Å². The highest BCUT2D eigenvalue weighted by atomic mass is 32.2. The fourth-order valence-corrected chi connectivity index (χ4v) is 3.78. The first-order valence-electron chi connectivity index (χ1n) is 5.99. The third kappa shape index (κ3) is 2.68. The number of methoxy groups -OCH3 is 1. The number of nitrogens with two attached hydrogens (primary N) is 1. The Morgan fingerprint density at radius 2 is 1.95 bits per heavy atom. The van der Waals surface area contributed by atoms with Gasteiger partial charge in [0.05, 0.1) is 26.0 Å². The van der Waals surface area contributed by atoms with Gasteiger partial charge in [0.2, 0.25) is 10.0 Å². The molecule has 1 fully saturated rings. The van der Waals surface area contributed by atoms with Crippen molar-refractivity contribution in [3.8, 4) is 5.75 Å². The molecule has 1 aromatic carbocycles. The van der Waals surface area contributed by atoms with E-state index in [9.17, 15) is 8.42 Å². The van der Waals surface area contributed by atoms with Gasteiger partial charge in [-0.2, -0.15) is 4.31 Å². The Bertz CT molecular complexity index is 565. The number of nitrogens with zero attached hydrogens (tertiary/aromatic N) is 1. The third-order valence-electron chi connectivity index (χ3n) is 3.02. The molecule has 1 heterocycles. The lowest BCUT2D eigenvalue weighted by Crippen LogP contribution is -2.40. The highest BCUT2D eigenvalue weighted by Crippen LogP contribution is 2.33. The molecule has 2 rings (SSSR count). The van der Waals surface area contributed by atoms with Crippen molar-refractivity contribution in [1.29, 1.82) is 0 Å². The van der Waals surface area contributed by atoms with Crippen LogP contribution in [-0.4, -0.2) is 46.1 Å². The minimum absolute atomic E-state index is 0.120. The van der Waals surface area contributed by atoms with Crippen LogP contribution in [0, 0.1) is 6.92 Å². The first-order chi connectivity index (χ1) is 8.96. The van der Waals surface area contributed by atoms with Crippen LogP contribution in [0.2, 0.25) is 0 Å². The predicted octanol–water partition coefficient (Wildman–Crippen LogP) is 0.607. The smallest absolute Gasteiger partial charge is 0.247 e. The zero-order valence-corrected chi connectivity index (χ0v) is 11.9. The highest BCUT2D eigenvalue weighted by molar-refractivity contribution is 7.89. The van der Waals surface area contributed by atoms with E-state index in [4.69, 9.17) is 15.2 Å². The molecule has 0 saturated carbocycles. The summed E-state index contributed by atoms with van der Waals surface area (Å²) in [5.74, 6) is 0.206. The molecule has 6 nitrogen and oxygen atoms in total. The number of aryl methyl sites for hydroxylation is 1. The van der Waals surface area contributed by atoms with Crippen LogP contribution in [0.25, 0.3) is 0 Å². The molecule has 1 saturated heterocycles. The van der Waals surface area contributed by atoms with Gasteiger partial charge in [0.25, 0.3) is 0 Å². The molecule has 0 aromatic heterocycles. The second-order valence-corrected chi connectivity index (χ2v) is 6.31. The van der Waals surface area contributed by atoms with E-state index in [2.05, 4.69) is 0 Å². The summed E-state index contributed by atoms with van der Waals surface area (Å²) in [5.41, 5.74) is 6.94. The average Bonchev–Trinajstić information content (AvgIpc) is 2.39. The van der Waals surface area contributed by atoms with Crippen LogP contribution in [-0.2, 0) is 14.8 Å². The average molecular weight is 286 g/mol. The van der Waals surface area contributed by atoms with E-state index < -0.39 is 10.0 Å². The minimum atomic E-state index is -3.60. The summed E-state index contributed by atoms with van der Waals surface area (Å²) in [4.78, 5) is 0.120. The fourth-order valence-electron chi connectivity index (χ4n) is 2.10. The van der Waals surface area contributed by atoms with Crippen molar-refractivity contribution < 1.29 is 17.9 Å². The molecule has 0 spiro atoms. The summed E-state index contributed by atoms with van der Waals surface area (Å²) in [6.07, 6.45) is 0. The number of anilines is 1. The van der Waals surface area contributed by atoms with Crippen molar-refractivity contribution in [2.45, 2.75) is 11.8 Å². The van der Waals surface area contributed by atoms with E-state index in [-0.39, 0.29) is 10.6 Å². The highest BCUT2D eigenvalue weighted by Gasteiger charge is 2.30. The van der Waals surface area contributed by atoms with Crippen LogP contribution in [0.5, 0.6) is 5.75 Å². The molecule has 7 heteroatoms. The Kier molecular flexibility index (Phi) is 3.98. The lowest BCUT2D eigenvalue weighted by Gasteiger charge is -2.27. The van der Waals surface area contributed by atoms with Gasteiger partial charge in [-0.15, -0.1) is 0 Å². The molecule has 0 radical (unpaired) electrons. The van der Waals surface area contributed by atoms with Gasteiger partial charge in [0, 0.05) is 13.1 Å². The lowest BCUT2D eigenvalue weighted by molar-refractivity contribution is 0.0729. The molecular weight excluding hydrogens is 268 g/mol. The molecule has 1 aliphatic heterocycles. The zero-order valence-electron chi connectivity index (χ0n) is 11.0. The topological polar surface area (TPSA) is 81.9 Å². The van der Waals surface area contributed by atoms with Crippen molar-refractivity contribution >= 4 is 15.7 Å². The third-order valence-corrected chi connectivity index (χ3v) is 4.92. The Hall–Kier alpha value is -1.31. The summed E-state index contributed by atoms with van der Waals surface area (Å²) >= 11 is 0. The molecule has 0 unspecified atom stereocenters. The standard InChI is InChI=1S/C12H18N2O4S/c1-9-7-10(13)12(17-2)11(8-9)19(15,16)14-3-5-18-6-4-14/h7-8H,3-6,13H2,1-2H3. The van der Waals surface area contributed by atoms with Gasteiger partial charge in [-0.25, -0.2) is 8.42 Å². The van der Waals surface area contributed by atoms with Gasteiger partial charge < -0.3 is 15.2 Å². The Balaban J connectivity index is 2.50. The van der Waals surface area contributed by atoms with Crippen molar-refractivity contribution in [2.24, 2.45) is 0 Å². The van der Waals surface area contributed by atoms with Gasteiger partial charge >= 0.3 is 0 Å². The number of morpholine rings is 1. The molecule has 0 aliphatic carbocycles. The molecule has 1 aliphatic rings. The summed E-state index contributed by atoms with van der Waals surface area (Å²) in [5, 5.41) is 0. The fraction of sp³-hybridized carbons (Fsp3) is 0.500. The molecule has 2 N–H and O–H groups in total. The molecule has 0 amide bonds. The van der Waals surface area contributed by atoms with Gasteiger partial charge in [-0.05, 0) is 24.6 Å². The number of hydrogen-bond donors (Lipinski definition) is 1. The Labute approximate surface area is 113 Å². The first kappa shape index (κ1) is 14.1. The SMILES string of the molecule is COc1c(N)cc(C)cc1S(=O)(=O)N1CCOCC1. The van der Waals surface area contributed by atoms with Gasteiger partial charge in [0.15, 0.2) is 5.75 Å². The summed E-state index contributed by atoms with van der Waals surface area (Å²) in [6, 6.07) is 3.27. The second-order valence-electron chi connectivity index (χ2n) is 4.40. The molecule has 0 atom stereocenters. The second kappa shape index (κ2) is 5.36. The van der Waals surface area contributed by atoms with E-state index in [0.29, 0.717) is 32.0 Å². The van der Waals surface area contributed by atoms with Gasteiger partial charge in [0.1, 0.15) is 4.90 Å². The van der Waals surface area contributed by atoms with E-state index in [1.165, 1.54) is 11.4 Å². The van der Waals surface area contributed by atoms with E-state index in [1.807, 2.05) is 0 Å². The van der Waals surface area contributed by atoms with Crippen LogP contribution in [0.1, 0.15) is 5.56 Å². The Morgan fingerprint density at radius 1 is 1.32 bits per heavy atom. The predicted molar refractivity (Wildman–Crippen MR) is 71.7 cm³/mol. The van der Waals surface area contributed by atoms with Gasteiger partial charge in [-0.3, -0.25) is 0 Å². The van der Waals surface area contributed by atoms with Crippen molar-refractivity contribution in [2.75, 3.05) is 39.1 Å². The van der Waals surface area contributed by atoms with Crippen LogP contribution < -0.4 is 10.5 Å². The summed E-state index contributed by atoms with van der Waals surface area (Å²) < 4.78 is 36.9. The van der Waals surface area contributed by atoms with Crippen molar-refractivity contribution in [3.05, 3.63) is 17.7 Å². The normalized spacial score (nSPS) is 17.4. The summed E-state index contributed by atoms with van der Waals surface area (Å²) in [7, 11) is -2.19. The quantitative estimate of drug-likeness (QED) is 0.823. The maximum Gasteiger partial charge on any atom is 0.247 e. The van der Waals surface area contributed by atoms with Crippen LogP contribution in [0.15, 0.2) is 17.0 Å². The van der Waals surface area contributed by atoms with E-state index in [1.54, 1.807) is 19.1 Å². The van der Waals surface area contributed by atoms with Crippen LogP contribution >= 0.6 is 0 Å². The van der Waals surface area contributed by atoms with E-state index in [0.717, 1.165) is 5.56 Å². The van der Waals surface area contributed by atoms with Crippen LogP contribution in [0.4, 0.5) is 5.69 Å². The number of hydrogen-bond acceptors (Lipinski definition) is 5. The lowest BCUT2D eigenvalue weighted by atomic mass is 10.2. The molecule has 0 bridgehead atoms. The molecular formula is C12H18N2O4S. The number of nitrogen functional groups attached to an aromatic ring is 1. The molecule has 106 valence electrons. The maximum absolute atomic E-state index is 12.6. The monoisotopic (exact) mass is 286 g/mol. The minimum Gasteiger partial charge on any atom is -0.493 e. The Morgan fingerprint density at radius 3 is 2.53 bits per heavy atom.